The molecule has 6 heteroatoms. The molecule has 24 heavy (non-hydrogen) atoms. The number of benzene rings is 2. The van der Waals surface area contributed by atoms with Crippen LogP contribution >= 0.6 is 0 Å². The Bertz CT molecular complexity index is 812. The number of nitro benzene ring substituents is 1. The molecular weight excluding hydrogens is 308 g/mol. The van der Waals surface area contributed by atoms with Crippen molar-refractivity contribution in [1.82, 2.24) is 4.90 Å². The first-order valence-corrected chi connectivity index (χ1v) is 7.57. The Labute approximate surface area is 138 Å². The highest BCUT2D eigenvalue weighted by atomic mass is 16.6. The van der Waals surface area contributed by atoms with Gasteiger partial charge in [0.2, 0.25) is 0 Å². The molecule has 0 aromatic heterocycles. The van der Waals surface area contributed by atoms with Crippen LogP contribution in [0.1, 0.15) is 22.3 Å². The minimum Gasteiger partial charge on any atom is -0.508 e. The molecule has 122 valence electrons. The van der Waals surface area contributed by atoms with Crippen LogP contribution in [0.3, 0.4) is 0 Å². The highest BCUT2D eigenvalue weighted by molar-refractivity contribution is 5.98. The summed E-state index contributed by atoms with van der Waals surface area (Å²) in [6, 6.07) is 12.9. The molecule has 1 heterocycles. The van der Waals surface area contributed by atoms with Gasteiger partial charge in [-0.2, -0.15) is 0 Å². The summed E-state index contributed by atoms with van der Waals surface area (Å²) >= 11 is 0. The number of amides is 1. The number of phenols is 1. The van der Waals surface area contributed by atoms with Gasteiger partial charge in [0, 0.05) is 19.2 Å². The number of para-hydroxylation sites is 1. The first kappa shape index (κ1) is 15.7. The predicted molar refractivity (Wildman–Crippen MR) is 89.7 cm³/mol. The van der Waals surface area contributed by atoms with Crippen LogP contribution in [0.15, 0.2) is 54.6 Å². The SMILES string of the molecule is O=C(c1ccccc1[N+](=O)[O-])N1CC=C(c2ccc(O)cc2)CC1. The Kier molecular flexibility index (Phi) is 4.29. The quantitative estimate of drug-likeness (QED) is 0.694. The van der Waals surface area contributed by atoms with E-state index in [1.54, 1.807) is 29.2 Å². The second-order valence-corrected chi connectivity index (χ2v) is 5.55. The highest BCUT2D eigenvalue weighted by Gasteiger charge is 2.25. The van der Waals surface area contributed by atoms with Gasteiger partial charge in [0.25, 0.3) is 11.6 Å². The summed E-state index contributed by atoms with van der Waals surface area (Å²) in [5.74, 6) is -0.119. The second kappa shape index (κ2) is 6.54. The van der Waals surface area contributed by atoms with Gasteiger partial charge >= 0.3 is 0 Å². The van der Waals surface area contributed by atoms with Crippen molar-refractivity contribution in [3.05, 3.63) is 75.8 Å². The molecule has 2 aromatic rings. The van der Waals surface area contributed by atoms with Gasteiger partial charge < -0.3 is 10.0 Å². The molecule has 6 nitrogen and oxygen atoms in total. The molecule has 0 saturated heterocycles. The number of rotatable bonds is 3. The fourth-order valence-electron chi connectivity index (χ4n) is 2.78. The smallest absolute Gasteiger partial charge is 0.282 e. The Morgan fingerprint density at radius 3 is 2.46 bits per heavy atom. The zero-order valence-corrected chi connectivity index (χ0v) is 12.9. The standard InChI is InChI=1S/C18H16N2O4/c21-15-7-5-13(6-8-15)14-9-11-19(12-10-14)18(22)16-3-1-2-4-17(16)20(23)24/h1-9,21H,10-12H2. The van der Waals surface area contributed by atoms with Crippen LogP contribution in [-0.2, 0) is 0 Å². The molecule has 0 saturated carbocycles. The number of phenolic OH excluding ortho intramolecular Hbond substituents is 1. The van der Waals surface area contributed by atoms with Crippen molar-refractivity contribution >= 4 is 17.2 Å². The molecule has 0 fully saturated rings. The molecule has 3 rings (SSSR count). The van der Waals surface area contributed by atoms with Crippen molar-refractivity contribution in [2.75, 3.05) is 13.1 Å². The molecule has 1 N–H and O–H groups in total. The van der Waals surface area contributed by atoms with E-state index in [1.807, 2.05) is 18.2 Å². The van der Waals surface area contributed by atoms with Crippen LogP contribution in [-0.4, -0.2) is 33.9 Å². The van der Waals surface area contributed by atoms with Crippen LogP contribution in [0.2, 0.25) is 0 Å². The van der Waals surface area contributed by atoms with E-state index in [-0.39, 0.29) is 22.9 Å². The lowest BCUT2D eigenvalue weighted by molar-refractivity contribution is -0.385. The van der Waals surface area contributed by atoms with Gasteiger partial charge in [0.1, 0.15) is 11.3 Å². The van der Waals surface area contributed by atoms with Crippen LogP contribution in [0.25, 0.3) is 5.57 Å². The van der Waals surface area contributed by atoms with Gasteiger partial charge in [0.15, 0.2) is 0 Å². The number of nitrogens with zero attached hydrogens (tertiary/aromatic N) is 2. The van der Waals surface area contributed by atoms with E-state index in [4.69, 9.17) is 0 Å². The summed E-state index contributed by atoms with van der Waals surface area (Å²) in [6.07, 6.45) is 2.61. The lowest BCUT2D eigenvalue weighted by Crippen LogP contribution is -2.35. The Morgan fingerprint density at radius 1 is 1.12 bits per heavy atom. The largest absolute Gasteiger partial charge is 0.508 e. The number of hydrogen-bond donors (Lipinski definition) is 1. The Balaban J connectivity index is 1.78. The van der Waals surface area contributed by atoms with E-state index < -0.39 is 4.92 Å². The summed E-state index contributed by atoms with van der Waals surface area (Å²) in [5.41, 5.74) is 2.05. The van der Waals surface area contributed by atoms with Gasteiger partial charge in [0.05, 0.1) is 4.92 Å². The van der Waals surface area contributed by atoms with Crippen LogP contribution in [0.4, 0.5) is 5.69 Å². The van der Waals surface area contributed by atoms with Crippen molar-refractivity contribution < 1.29 is 14.8 Å². The van der Waals surface area contributed by atoms with Gasteiger partial charge in [-0.3, -0.25) is 14.9 Å². The fraction of sp³-hybridized carbons (Fsp3) is 0.167. The van der Waals surface area contributed by atoms with Crippen LogP contribution in [0, 0.1) is 10.1 Å². The monoisotopic (exact) mass is 324 g/mol. The Hall–Kier alpha value is -3.15. The number of nitro groups is 1. The summed E-state index contributed by atoms with van der Waals surface area (Å²) < 4.78 is 0. The topological polar surface area (TPSA) is 83.7 Å². The normalized spacial score (nSPS) is 14.2. The maximum Gasteiger partial charge on any atom is 0.282 e. The average Bonchev–Trinajstić information content (AvgIpc) is 2.62. The zero-order chi connectivity index (χ0) is 17.1. The van der Waals surface area contributed by atoms with E-state index in [1.165, 1.54) is 12.1 Å². The number of carbonyl (C=O) groups excluding carboxylic acids is 1. The molecule has 0 bridgehead atoms. The number of hydrogen-bond acceptors (Lipinski definition) is 4. The van der Waals surface area contributed by atoms with E-state index in [2.05, 4.69) is 0 Å². The maximum absolute atomic E-state index is 12.6. The van der Waals surface area contributed by atoms with Gasteiger partial charge in [-0.25, -0.2) is 0 Å². The third-order valence-electron chi connectivity index (χ3n) is 4.07. The second-order valence-electron chi connectivity index (χ2n) is 5.55. The van der Waals surface area contributed by atoms with Gasteiger partial charge in [-0.1, -0.05) is 30.3 Å². The fourth-order valence-corrected chi connectivity index (χ4v) is 2.78. The molecule has 0 unspecified atom stereocenters. The molecule has 2 aromatic carbocycles. The Morgan fingerprint density at radius 2 is 1.83 bits per heavy atom. The highest BCUT2D eigenvalue weighted by Crippen LogP contribution is 2.26. The first-order chi connectivity index (χ1) is 11.6. The van der Waals surface area contributed by atoms with Crippen LogP contribution < -0.4 is 0 Å². The molecule has 0 spiro atoms. The molecule has 1 amide bonds. The van der Waals surface area contributed by atoms with E-state index in [9.17, 15) is 20.0 Å². The summed E-state index contributed by atoms with van der Waals surface area (Å²) in [6.45, 7) is 0.901. The molecule has 1 aliphatic heterocycles. The molecule has 0 atom stereocenters. The predicted octanol–water partition coefficient (Wildman–Crippen LogP) is 3.23. The summed E-state index contributed by atoms with van der Waals surface area (Å²) in [5, 5.41) is 20.4. The third-order valence-corrected chi connectivity index (χ3v) is 4.07. The summed E-state index contributed by atoms with van der Waals surface area (Å²) in [7, 11) is 0. The molecule has 1 aliphatic rings. The summed E-state index contributed by atoms with van der Waals surface area (Å²) in [4.78, 5) is 24.7. The maximum atomic E-state index is 12.6. The van der Waals surface area contributed by atoms with Gasteiger partial charge in [-0.05, 0) is 35.8 Å². The van der Waals surface area contributed by atoms with E-state index in [0.29, 0.717) is 19.5 Å². The zero-order valence-electron chi connectivity index (χ0n) is 12.9. The number of carbonyl (C=O) groups is 1. The minimum absolute atomic E-state index is 0.115. The molecule has 0 radical (unpaired) electrons. The first-order valence-electron chi connectivity index (χ1n) is 7.57. The number of aromatic hydroxyl groups is 1. The average molecular weight is 324 g/mol. The van der Waals surface area contributed by atoms with Gasteiger partial charge in [-0.15, -0.1) is 0 Å². The van der Waals surface area contributed by atoms with Crippen molar-refractivity contribution in [1.29, 1.82) is 0 Å². The van der Waals surface area contributed by atoms with Crippen molar-refractivity contribution in [2.24, 2.45) is 0 Å². The van der Waals surface area contributed by atoms with Crippen molar-refractivity contribution in [2.45, 2.75) is 6.42 Å². The van der Waals surface area contributed by atoms with E-state index >= 15 is 0 Å². The van der Waals surface area contributed by atoms with Crippen molar-refractivity contribution in [3.8, 4) is 5.75 Å². The lowest BCUT2D eigenvalue weighted by atomic mass is 9.99. The third kappa shape index (κ3) is 3.12. The lowest BCUT2D eigenvalue weighted by Gasteiger charge is -2.26. The van der Waals surface area contributed by atoms with Crippen molar-refractivity contribution in [3.63, 3.8) is 0 Å². The molecule has 0 aliphatic carbocycles. The van der Waals surface area contributed by atoms with E-state index in [0.717, 1.165) is 11.1 Å². The minimum atomic E-state index is -0.533. The van der Waals surface area contributed by atoms with Crippen LogP contribution in [0.5, 0.6) is 5.75 Å². The molecular formula is C18H16N2O4.